The molecule has 2 heterocycles. The first kappa shape index (κ1) is 19.9. The second-order valence-corrected chi connectivity index (χ2v) is 7.98. The zero-order valence-electron chi connectivity index (χ0n) is 16.6. The molecule has 6 heteroatoms. The first-order valence-corrected chi connectivity index (χ1v) is 10.6. The molecule has 0 radical (unpaired) electrons. The number of hydrogen-bond donors (Lipinski definition) is 0. The summed E-state index contributed by atoms with van der Waals surface area (Å²) in [7, 11) is 0. The van der Waals surface area contributed by atoms with Crippen molar-refractivity contribution in [2.24, 2.45) is 4.99 Å². The molecule has 0 aliphatic rings. The fraction of sp³-hybridized carbons (Fsp3) is 0.208. The Hall–Kier alpha value is -3.43. The van der Waals surface area contributed by atoms with Gasteiger partial charge in [0.25, 0.3) is 5.91 Å². The van der Waals surface area contributed by atoms with E-state index in [1.165, 1.54) is 23.2 Å². The highest BCUT2D eigenvalue weighted by atomic mass is 32.1. The Labute approximate surface area is 177 Å². The van der Waals surface area contributed by atoms with Crippen molar-refractivity contribution < 1.29 is 9.21 Å². The number of rotatable bonds is 5. The number of carbonyl (C=O) groups is 1. The summed E-state index contributed by atoms with van der Waals surface area (Å²) >= 11 is 1.39. The van der Waals surface area contributed by atoms with Gasteiger partial charge in [0, 0.05) is 0 Å². The molecule has 0 unspecified atom stereocenters. The van der Waals surface area contributed by atoms with Gasteiger partial charge in [-0.25, -0.2) is 0 Å². The summed E-state index contributed by atoms with van der Waals surface area (Å²) in [6.07, 6.45) is 9.98. The predicted octanol–water partition coefficient (Wildman–Crippen LogP) is 4.53. The maximum absolute atomic E-state index is 12.8. The Kier molecular flexibility index (Phi) is 5.64. The van der Waals surface area contributed by atoms with Crippen LogP contribution in [0.2, 0.25) is 0 Å². The summed E-state index contributed by atoms with van der Waals surface area (Å²) in [6, 6.07) is 13.0. The van der Waals surface area contributed by atoms with E-state index < -0.39 is 11.3 Å². The van der Waals surface area contributed by atoms with Gasteiger partial charge in [-0.05, 0) is 42.7 Å². The van der Waals surface area contributed by atoms with Gasteiger partial charge in [-0.1, -0.05) is 48.8 Å². The van der Waals surface area contributed by atoms with Crippen LogP contribution in [0.25, 0.3) is 21.2 Å². The highest BCUT2D eigenvalue weighted by molar-refractivity contribution is 7.16. The molecule has 4 aromatic rings. The molecule has 5 nitrogen and oxygen atoms in total. The fourth-order valence-corrected chi connectivity index (χ4v) is 4.45. The molecule has 0 aliphatic heterocycles. The van der Waals surface area contributed by atoms with Gasteiger partial charge in [0.05, 0.1) is 22.1 Å². The smallest absolute Gasteiger partial charge is 0.286 e. The number of carbonyl (C=O) groups excluding carboxylic acids is 1. The standard InChI is InChI=1S/C24H20N2O3S/c1-3-5-8-16-11-12-19-21(14-16)30-24(26(19)13-4-2)25-23(28)18-15-29-20-10-7-6-9-17(20)22(18)27/h2,6-7,9-12,14-15H,3,5,8,13H2,1H3. The molecule has 2 aromatic heterocycles. The number of unbranched alkanes of at least 4 members (excludes halogenated alkanes) is 1. The first-order valence-electron chi connectivity index (χ1n) is 9.77. The number of amides is 1. The lowest BCUT2D eigenvalue weighted by molar-refractivity contribution is 0.0995. The number of para-hydroxylation sites is 1. The molecule has 0 aliphatic carbocycles. The van der Waals surface area contributed by atoms with Gasteiger partial charge in [-0.15, -0.1) is 6.42 Å². The van der Waals surface area contributed by atoms with Crippen LogP contribution in [-0.2, 0) is 13.0 Å². The quantitative estimate of drug-likeness (QED) is 0.449. The lowest BCUT2D eigenvalue weighted by Crippen LogP contribution is -2.19. The first-order chi connectivity index (χ1) is 14.6. The monoisotopic (exact) mass is 416 g/mol. The van der Waals surface area contributed by atoms with Crippen molar-refractivity contribution in [1.29, 1.82) is 0 Å². The van der Waals surface area contributed by atoms with Crippen molar-refractivity contribution in [2.45, 2.75) is 32.7 Å². The number of nitrogens with zero attached hydrogens (tertiary/aromatic N) is 2. The molecule has 0 N–H and O–H groups in total. The summed E-state index contributed by atoms with van der Waals surface area (Å²) in [5.41, 5.74) is 2.11. The molecular weight excluding hydrogens is 396 g/mol. The lowest BCUT2D eigenvalue weighted by atomic mass is 10.1. The van der Waals surface area contributed by atoms with Crippen LogP contribution < -0.4 is 10.2 Å². The number of terminal acetylenes is 1. The van der Waals surface area contributed by atoms with Crippen molar-refractivity contribution in [1.82, 2.24) is 4.57 Å². The van der Waals surface area contributed by atoms with Gasteiger partial charge < -0.3 is 8.98 Å². The third kappa shape index (κ3) is 3.72. The van der Waals surface area contributed by atoms with Crippen molar-refractivity contribution in [2.75, 3.05) is 0 Å². The number of hydrogen-bond acceptors (Lipinski definition) is 4. The summed E-state index contributed by atoms with van der Waals surface area (Å²) < 4.78 is 8.29. The number of aromatic nitrogens is 1. The van der Waals surface area contributed by atoms with E-state index in [9.17, 15) is 9.59 Å². The zero-order chi connectivity index (χ0) is 21.1. The Balaban J connectivity index is 1.82. The molecule has 1 amide bonds. The molecule has 4 rings (SSSR count). The van der Waals surface area contributed by atoms with Gasteiger partial charge >= 0.3 is 0 Å². The molecular formula is C24H20N2O3S. The van der Waals surface area contributed by atoms with Crippen LogP contribution >= 0.6 is 11.3 Å². The molecule has 0 spiro atoms. The predicted molar refractivity (Wildman–Crippen MR) is 120 cm³/mol. The minimum absolute atomic E-state index is 0.0953. The number of aryl methyl sites for hydroxylation is 1. The van der Waals surface area contributed by atoms with E-state index in [1.807, 2.05) is 10.6 Å². The van der Waals surface area contributed by atoms with Crippen LogP contribution in [0.15, 0.2) is 62.9 Å². The van der Waals surface area contributed by atoms with E-state index in [0.717, 1.165) is 29.5 Å². The topological polar surface area (TPSA) is 64.6 Å². The maximum atomic E-state index is 12.8. The van der Waals surface area contributed by atoms with Crippen LogP contribution in [0, 0.1) is 12.3 Å². The zero-order valence-corrected chi connectivity index (χ0v) is 17.4. The summed E-state index contributed by atoms with van der Waals surface area (Å²) in [5, 5.41) is 0.354. The minimum atomic E-state index is -0.641. The summed E-state index contributed by atoms with van der Waals surface area (Å²) in [5.74, 6) is 1.98. The molecule has 2 aromatic carbocycles. The molecule has 30 heavy (non-hydrogen) atoms. The molecule has 150 valence electrons. The number of thiazole rings is 1. The minimum Gasteiger partial charge on any atom is -0.463 e. The fourth-order valence-electron chi connectivity index (χ4n) is 3.36. The van der Waals surface area contributed by atoms with Gasteiger partial charge in [0.2, 0.25) is 5.43 Å². The average molecular weight is 417 g/mol. The second-order valence-electron chi connectivity index (χ2n) is 6.97. The van der Waals surface area contributed by atoms with Crippen LogP contribution in [0.1, 0.15) is 35.7 Å². The van der Waals surface area contributed by atoms with Crippen molar-refractivity contribution in [3.8, 4) is 12.3 Å². The SMILES string of the molecule is C#CCn1c(=NC(=O)c2coc3ccccc3c2=O)sc2cc(CCCC)ccc21. The Morgan fingerprint density at radius 3 is 2.90 bits per heavy atom. The molecule has 0 saturated carbocycles. The van der Waals surface area contributed by atoms with Gasteiger partial charge in [0.1, 0.15) is 17.4 Å². The Morgan fingerprint density at radius 1 is 1.27 bits per heavy atom. The van der Waals surface area contributed by atoms with Crippen LogP contribution in [0.5, 0.6) is 0 Å². The van der Waals surface area contributed by atoms with Gasteiger partial charge in [-0.3, -0.25) is 9.59 Å². The maximum Gasteiger partial charge on any atom is 0.286 e. The van der Waals surface area contributed by atoms with Gasteiger partial charge in [0.15, 0.2) is 4.80 Å². The molecule has 0 fully saturated rings. The highest BCUT2D eigenvalue weighted by Crippen LogP contribution is 2.20. The van der Waals surface area contributed by atoms with Crippen molar-refractivity contribution >= 4 is 38.4 Å². The highest BCUT2D eigenvalue weighted by Gasteiger charge is 2.15. The third-order valence-electron chi connectivity index (χ3n) is 4.92. The van der Waals surface area contributed by atoms with Gasteiger partial charge in [-0.2, -0.15) is 4.99 Å². The molecule has 0 atom stereocenters. The van der Waals surface area contributed by atoms with E-state index in [1.54, 1.807) is 24.3 Å². The van der Waals surface area contributed by atoms with Crippen LogP contribution in [-0.4, -0.2) is 10.5 Å². The van der Waals surface area contributed by atoms with E-state index in [2.05, 4.69) is 30.0 Å². The van der Waals surface area contributed by atoms with E-state index in [-0.39, 0.29) is 12.1 Å². The number of benzene rings is 2. The largest absolute Gasteiger partial charge is 0.463 e. The Morgan fingerprint density at radius 2 is 2.10 bits per heavy atom. The number of fused-ring (bicyclic) bond motifs is 2. The second kappa shape index (κ2) is 8.52. The average Bonchev–Trinajstić information content (AvgIpc) is 3.09. The summed E-state index contributed by atoms with van der Waals surface area (Å²) in [4.78, 5) is 30.2. The third-order valence-corrected chi connectivity index (χ3v) is 5.96. The molecule has 0 saturated heterocycles. The normalized spacial score (nSPS) is 11.8. The van der Waals surface area contributed by atoms with Crippen LogP contribution in [0.3, 0.4) is 0 Å². The molecule has 0 bridgehead atoms. The van der Waals surface area contributed by atoms with E-state index >= 15 is 0 Å². The lowest BCUT2D eigenvalue weighted by Gasteiger charge is -2.02. The van der Waals surface area contributed by atoms with E-state index in [4.69, 9.17) is 10.8 Å². The van der Waals surface area contributed by atoms with E-state index in [0.29, 0.717) is 15.8 Å². The Bertz CT molecular complexity index is 1420. The van der Waals surface area contributed by atoms with Crippen molar-refractivity contribution in [3.05, 3.63) is 74.9 Å². The summed E-state index contributed by atoms with van der Waals surface area (Å²) in [6.45, 7) is 2.45. The van der Waals surface area contributed by atoms with Crippen molar-refractivity contribution in [3.63, 3.8) is 0 Å². The van der Waals surface area contributed by atoms with Crippen LogP contribution in [0.4, 0.5) is 0 Å².